The first-order valence-corrected chi connectivity index (χ1v) is 11.4. The molecule has 1 fully saturated rings. The lowest BCUT2D eigenvalue weighted by molar-refractivity contribution is -0.138. The standard InChI is InChI=1S/C22H24F3NO4S/c1-3-15(2)26(21(27)17-9-10-17)14-16-7-11-19(12-8-16)30-31(28,29)20-6-4-5-18(13-20)22(23,24)25/h4-8,11-13,15,17H,3,9-10,14H2,1-2H3. The Kier molecular flexibility index (Phi) is 6.64. The first-order chi connectivity index (χ1) is 14.5. The molecular formula is C22H24F3NO4S. The predicted octanol–water partition coefficient (Wildman–Crippen LogP) is 5.01. The van der Waals surface area contributed by atoms with Crippen LogP contribution in [-0.4, -0.2) is 25.3 Å². The summed E-state index contributed by atoms with van der Waals surface area (Å²) in [5, 5.41) is 0. The molecule has 9 heteroatoms. The van der Waals surface area contributed by atoms with Gasteiger partial charge in [-0.05, 0) is 62.1 Å². The SMILES string of the molecule is CCC(C)N(Cc1ccc(OS(=O)(=O)c2cccc(C(F)(F)F)c2)cc1)C(=O)C1CC1. The van der Waals surface area contributed by atoms with Crippen molar-refractivity contribution in [3.8, 4) is 5.75 Å². The van der Waals surface area contributed by atoms with Gasteiger partial charge in [0.05, 0.1) is 5.56 Å². The summed E-state index contributed by atoms with van der Waals surface area (Å²) in [7, 11) is -4.43. The van der Waals surface area contributed by atoms with Crippen molar-refractivity contribution >= 4 is 16.0 Å². The highest BCUT2D eigenvalue weighted by Gasteiger charge is 2.35. The number of hydrogen-bond donors (Lipinski definition) is 0. The molecule has 0 radical (unpaired) electrons. The minimum Gasteiger partial charge on any atom is -0.379 e. The van der Waals surface area contributed by atoms with Crippen LogP contribution in [0.4, 0.5) is 13.2 Å². The zero-order chi connectivity index (χ0) is 22.8. The van der Waals surface area contributed by atoms with E-state index in [4.69, 9.17) is 4.18 Å². The molecule has 3 rings (SSSR count). The summed E-state index contributed by atoms with van der Waals surface area (Å²) < 4.78 is 68.4. The number of halogens is 3. The van der Waals surface area contributed by atoms with Crippen LogP contribution in [0.15, 0.2) is 53.4 Å². The van der Waals surface area contributed by atoms with E-state index in [9.17, 15) is 26.4 Å². The Labute approximate surface area is 179 Å². The van der Waals surface area contributed by atoms with E-state index >= 15 is 0 Å². The van der Waals surface area contributed by atoms with Crippen molar-refractivity contribution in [2.24, 2.45) is 5.92 Å². The number of benzene rings is 2. The molecule has 1 aliphatic rings. The number of amides is 1. The maximum absolute atomic E-state index is 12.9. The van der Waals surface area contributed by atoms with E-state index < -0.39 is 26.8 Å². The van der Waals surface area contributed by atoms with Crippen molar-refractivity contribution in [1.82, 2.24) is 4.90 Å². The Morgan fingerprint density at radius 1 is 1.16 bits per heavy atom. The quantitative estimate of drug-likeness (QED) is 0.525. The van der Waals surface area contributed by atoms with Crippen LogP contribution in [0.25, 0.3) is 0 Å². The second kappa shape index (κ2) is 8.90. The maximum Gasteiger partial charge on any atom is 0.416 e. The Balaban J connectivity index is 1.73. The molecule has 2 aromatic carbocycles. The molecule has 5 nitrogen and oxygen atoms in total. The monoisotopic (exact) mass is 455 g/mol. The van der Waals surface area contributed by atoms with Crippen LogP contribution in [0.1, 0.15) is 44.2 Å². The third kappa shape index (κ3) is 5.78. The number of alkyl halides is 3. The Hall–Kier alpha value is -2.55. The number of hydrogen-bond acceptors (Lipinski definition) is 4. The average Bonchev–Trinajstić information content (AvgIpc) is 3.57. The molecule has 0 heterocycles. The molecule has 1 unspecified atom stereocenters. The van der Waals surface area contributed by atoms with Gasteiger partial charge in [0.25, 0.3) is 0 Å². The highest BCUT2D eigenvalue weighted by atomic mass is 32.2. The fraction of sp³-hybridized carbons (Fsp3) is 0.409. The van der Waals surface area contributed by atoms with Crippen LogP contribution >= 0.6 is 0 Å². The van der Waals surface area contributed by atoms with Crippen molar-refractivity contribution in [3.63, 3.8) is 0 Å². The summed E-state index contributed by atoms with van der Waals surface area (Å²) in [6.45, 7) is 4.39. The van der Waals surface area contributed by atoms with E-state index in [1.165, 1.54) is 12.1 Å². The van der Waals surface area contributed by atoms with Gasteiger partial charge in [0.15, 0.2) is 0 Å². The lowest BCUT2D eigenvalue weighted by atomic mass is 10.1. The molecule has 1 saturated carbocycles. The minimum absolute atomic E-state index is 0.0234. The minimum atomic E-state index is -4.66. The smallest absolute Gasteiger partial charge is 0.379 e. The summed E-state index contributed by atoms with van der Waals surface area (Å²) >= 11 is 0. The fourth-order valence-electron chi connectivity index (χ4n) is 3.09. The molecule has 31 heavy (non-hydrogen) atoms. The third-order valence-corrected chi connectivity index (χ3v) is 6.51. The van der Waals surface area contributed by atoms with Crippen LogP contribution in [0.2, 0.25) is 0 Å². The van der Waals surface area contributed by atoms with Gasteiger partial charge in [0.2, 0.25) is 5.91 Å². The molecule has 1 aliphatic carbocycles. The van der Waals surface area contributed by atoms with Crippen molar-refractivity contribution in [2.45, 2.75) is 56.8 Å². The fourth-order valence-corrected chi connectivity index (χ4v) is 4.06. The van der Waals surface area contributed by atoms with E-state index in [1.807, 2.05) is 18.7 Å². The zero-order valence-corrected chi connectivity index (χ0v) is 18.0. The molecule has 0 N–H and O–H groups in total. The first kappa shape index (κ1) is 23.1. The molecule has 0 spiro atoms. The van der Waals surface area contributed by atoms with Crippen LogP contribution in [0, 0.1) is 5.92 Å². The number of carbonyl (C=O) groups is 1. The number of rotatable bonds is 8. The van der Waals surface area contributed by atoms with Gasteiger partial charge in [-0.25, -0.2) is 0 Å². The van der Waals surface area contributed by atoms with Crippen molar-refractivity contribution in [1.29, 1.82) is 0 Å². The maximum atomic E-state index is 12.9. The molecule has 0 bridgehead atoms. The normalized spacial score (nSPS) is 15.4. The van der Waals surface area contributed by atoms with Crippen molar-refractivity contribution < 1.29 is 30.6 Å². The predicted molar refractivity (Wildman–Crippen MR) is 109 cm³/mol. The largest absolute Gasteiger partial charge is 0.416 e. The summed E-state index contributed by atoms with van der Waals surface area (Å²) in [4.78, 5) is 13.8. The van der Waals surface area contributed by atoms with E-state index in [2.05, 4.69) is 0 Å². The van der Waals surface area contributed by atoms with Crippen LogP contribution in [-0.2, 0) is 27.6 Å². The Bertz CT molecular complexity index is 1030. The topological polar surface area (TPSA) is 63.7 Å². The summed E-state index contributed by atoms with van der Waals surface area (Å²) in [5.74, 6) is 0.195. The second-order valence-electron chi connectivity index (χ2n) is 7.70. The van der Waals surface area contributed by atoms with Crippen LogP contribution in [0.5, 0.6) is 5.75 Å². The van der Waals surface area contributed by atoms with Gasteiger partial charge in [-0.3, -0.25) is 4.79 Å². The van der Waals surface area contributed by atoms with Crippen LogP contribution < -0.4 is 4.18 Å². The Morgan fingerprint density at radius 3 is 2.35 bits per heavy atom. The lowest BCUT2D eigenvalue weighted by Crippen LogP contribution is -2.38. The number of carbonyl (C=O) groups excluding carboxylic acids is 1. The molecule has 0 aromatic heterocycles. The van der Waals surface area contributed by atoms with Gasteiger partial charge < -0.3 is 9.08 Å². The molecule has 0 aliphatic heterocycles. The molecule has 168 valence electrons. The van der Waals surface area contributed by atoms with E-state index in [-0.39, 0.29) is 23.6 Å². The van der Waals surface area contributed by atoms with Crippen molar-refractivity contribution in [2.75, 3.05) is 0 Å². The molecule has 1 atom stereocenters. The summed E-state index contributed by atoms with van der Waals surface area (Å²) in [6, 6.07) is 9.61. The summed E-state index contributed by atoms with van der Waals surface area (Å²) in [5.41, 5.74) is -0.267. The molecular weight excluding hydrogens is 431 g/mol. The van der Waals surface area contributed by atoms with Gasteiger partial charge in [-0.2, -0.15) is 21.6 Å². The number of nitrogens with zero attached hydrogens (tertiary/aromatic N) is 1. The molecule has 0 saturated heterocycles. The van der Waals surface area contributed by atoms with Crippen LogP contribution in [0.3, 0.4) is 0 Å². The molecule has 1 amide bonds. The summed E-state index contributed by atoms with van der Waals surface area (Å²) in [6.07, 6.45) is -2.03. The van der Waals surface area contributed by atoms with Gasteiger partial charge in [0.1, 0.15) is 10.6 Å². The van der Waals surface area contributed by atoms with E-state index in [0.717, 1.165) is 43.0 Å². The average molecular weight is 455 g/mol. The highest BCUT2D eigenvalue weighted by molar-refractivity contribution is 7.87. The van der Waals surface area contributed by atoms with Gasteiger partial charge in [-0.15, -0.1) is 0 Å². The highest BCUT2D eigenvalue weighted by Crippen LogP contribution is 2.33. The first-order valence-electron chi connectivity index (χ1n) is 10.0. The second-order valence-corrected chi connectivity index (χ2v) is 9.25. The zero-order valence-electron chi connectivity index (χ0n) is 17.2. The molecule has 2 aromatic rings. The van der Waals surface area contributed by atoms with Gasteiger partial charge in [-0.1, -0.05) is 25.1 Å². The Morgan fingerprint density at radius 2 is 1.81 bits per heavy atom. The van der Waals surface area contributed by atoms with E-state index in [0.29, 0.717) is 12.6 Å². The van der Waals surface area contributed by atoms with Crippen molar-refractivity contribution in [3.05, 3.63) is 59.7 Å². The van der Waals surface area contributed by atoms with Gasteiger partial charge in [0, 0.05) is 18.5 Å². The third-order valence-electron chi connectivity index (χ3n) is 5.26. The van der Waals surface area contributed by atoms with E-state index in [1.54, 1.807) is 12.1 Å². The lowest BCUT2D eigenvalue weighted by Gasteiger charge is -2.29. The van der Waals surface area contributed by atoms with Gasteiger partial charge >= 0.3 is 16.3 Å².